The van der Waals surface area contributed by atoms with Crippen LogP contribution in [0.2, 0.25) is 0 Å². The molecule has 0 aromatic carbocycles. The lowest BCUT2D eigenvalue weighted by atomic mass is 10.1. The Hall–Kier alpha value is -1.88. The molecule has 2 rings (SSSR count). The highest BCUT2D eigenvalue weighted by Gasteiger charge is 2.11. The first-order chi connectivity index (χ1) is 8.76. The second kappa shape index (κ2) is 5.64. The van der Waals surface area contributed by atoms with E-state index in [1.807, 2.05) is 6.20 Å². The second-order valence-electron chi connectivity index (χ2n) is 3.98. The first-order valence-electron chi connectivity index (χ1n) is 6.00. The van der Waals surface area contributed by atoms with Gasteiger partial charge in [0.2, 0.25) is 0 Å². The van der Waals surface area contributed by atoms with E-state index in [2.05, 4.69) is 9.97 Å². The number of aryl methyl sites for hydroxylation is 1. The van der Waals surface area contributed by atoms with Gasteiger partial charge in [-0.05, 0) is 31.4 Å². The number of hydrogen-bond acceptors (Lipinski definition) is 4. The third-order valence-corrected chi connectivity index (χ3v) is 2.74. The maximum Gasteiger partial charge on any atom is 0.356 e. The Kier molecular flexibility index (Phi) is 3.94. The van der Waals surface area contributed by atoms with Crippen molar-refractivity contribution in [1.29, 1.82) is 0 Å². The normalized spacial score (nSPS) is 10.8. The number of carbonyl (C=O) groups is 1. The number of rotatable bonds is 5. The van der Waals surface area contributed by atoms with Gasteiger partial charge in [-0.1, -0.05) is 0 Å². The van der Waals surface area contributed by atoms with Gasteiger partial charge >= 0.3 is 5.97 Å². The van der Waals surface area contributed by atoms with Crippen molar-refractivity contribution in [1.82, 2.24) is 9.97 Å². The molecule has 2 heterocycles. The van der Waals surface area contributed by atoms with Crippen LogP contribution in [0, 0.1) is 0 Å². The smallest absolute Gasteiger partial charge is 0.356 e. The number of aromatic amines is 1. The van der Waals surface area contributed by atoms with E-state index < -0.39 is 5.97 Å². The summed E-state index contributed by atoms with van der Waals surface area (Å²) in [6.07, 6.45) is 5.06. The Morgan fingerprint density at radius 2 is 2.39 bits per heavy atom. The summed E-state index contributed by atoms with van der Waals surface area (Å²) in [6, 6.07) is 1.69. The number of pyridine rings is 1. The lowest BCUT2D eigenvalue weighted by molar-refractivity contribution is 0.0519. The SMILES string of the molecule is CCOC(=O)c1cc2[nH]cc(CCCO)c2cn1. The molecule has 5 nitrogen and oxygen atoms in total. The Morgan fingerprint density at radius 3 is 3.11 bits per heavy atom. The number of aliphatic hydroxyl groups excluding tert-OH is 1. The van der Waals surface area contributed by atoms with E-state index >= 15 is 0 Å². The van der Waals surface area contributed by atoms with Crippen molar-refractivity contribution in [2.24, 2.45) is 0 Å². The van der Waals surface area contributed by atoms with Crippen molar-refractivity contribution >= 4 is 16.9 Å². The Balaban J connectivity index is 2.27. The van der Waals surface area contributed by atoms with Crippen LogP contribution >= 0.6 is 0 Å². The first kappa shape index (κ1) is 12.6. The van der Waals surface area contributed by atoms with Gasteiger partial charge in [0.15, 0.2) is 0 Å². The molecule has 0 unspecified atom stereocenters. The van der Waals surface area contributed by atoms with Gasteiger partial charge in [-0.3, -0.25) is 0 Å². The van der Waals surface area contributed by atoms with Gasteiger partial charge in [0.1, 0.15) is 5.69 Å². The fourth-order valence-electron chi connectivity index (χ4n) is 1.87. The molecule has 0 saturated carbocycles. The largest absolute Gasteiger partial charge is 0.461 e. The van der Waals surface area contributed by atoms with E-state index in [0.29, 0.717) is 18.7 Å². The number of aliphatic hydroxyl groups is 1. The molecule has 0 aliphatic carbocycles. The summed E-state index contributed by atoms with van der Waals surface area (Å²) in [7, 11) is 0. The van der Waals surface area contributed by atoms with E-state index in [-0.39, 0.29) is 6.61 Å². The van der Waals surface area contributed by atoms with Crippen LogP contribution in [0.4, 0.5) is 0 Å². The zero-order chi connectivity index (χ0) is 13.0. The zero-order valence-corrected chi connectivity index (χ0v) is 10.3. The van der Waals surface area contributed by atoms with Crippen LogP contribution in [0.1, 0.15) is 29.4 Å². The number of fused-ring (bicyclic) bond motifs is 1. The van der Waals surface area contributed by atoms with Crippen LogP contribution in [0.15, 0.2) is 18.5 Å². The molecule has 0 aliphatic rings. The average Bonchev–Trinajstić information content (AvgIpc) is 2.79. The van der Waals surface area contributed by atoms with Crippen LogP contribution in [0.25, 0.3) is 10.9 Å². The second-order valence-corrected chi connectivity index (χ2v) is 3.98. The molecular weight excluding hydrogens is 232 g/mol. The third-order valence-electron chi connectivity index (χ3n) is 2.74. The highest BCUT2D eigenvalue weighted by molar-refractivity contribution is 5.92. The van der Waals surface area contributed by atoms with Crippen molar-refractivity contribution in [3.8, 4) is 0 Å². The van der Waals surface area contributed by atoms with E-state index in [0.717, 1.165) is 22.9 Å². The summed E-state index contributed by atoms with van der Waals surface area (Å²) in [5.74, 6) is -0.411. The summed E-state index contributed by atoms with van der Waals surface area (Å²) < 4.78 is 4.90. The first-order valence-corrected chi connectivity index (χ1v) is 6.00. The van der Waals surface area contributed by atoms with Crippen LogP contribution < -0.4 is 0 Å². The van der Waals surface area contributed by atoms with Gasteiger partial charge in [-0.25, -0.2) is 9.78 Å². The van der Waals surface area contributed by atoms with Crippen molar-refractivity contribution in [2.45, 2.75) is 19.8 Å². The average molecular weight is 248 g/mol. The maximum atomic E-state index is 11.5. The lowest BCUT2D eigenvalue weighted by Gasteiger charge is -2.01. The van der Waals surface area contributed by atoms with Gasteiger partial charge < -0.3 is 14.8 Å². The molecule has 0 bridgehead atoms. The van der Waals surface area contributed by atoms with Gasteiger partial charge in [0, 0.05) is 29.9 Å². The zero-order valence-electron chi connectivity index (χ0n) is 10.3. The summed E-state index contributed by atoms with van der Waals surface area (Å²) >= 11 is 0. The summed E-state index contributed by atoms with van der Waals surface area (Å²) in [4.78, 5) is 18.7. The minimum absolute atomic E-state index is 0.168. The number of aromatic nitrogens is 2. The predicted octanol–water partition coefficient (Wildman–Crippen LogP) is 1.66. The maximum absolute atomic E-state index is 11.5. The molecule has 2 aromatic rings. The number of carbonyl (C=O) groups excluding carboxylic acids is 1. The van der Waals surface area contributed by atoms with Crippen LogP contribution in [0.3, 0.4) is 0 Å². The van der Waals surface area contributed by atoms with Crippen molar-refractivity contribution in [3.05, 3.63) is 29.7 Å². The molecule has 0 fully saturated rings. The van der Waals surface area contributed by atoms with E-state index in [9.17, 15) is 4.79 Å². The minimum Gasteiger partial charge on any atom is -0.461 e. The highest BCUT2D eigenvalue weighted by atomic mass is 16.5. The monoisotopic (exact) mass is 248 g/mol. The van der Waals surface area contributed by atoms with Crippen molar-refractivity contribution < 1.29 is 14.6 Å². The number of ether oxygens (including phenoxy) is 1. The molecule has 0 atom stereocenters. The minimum atomic E-state index is -0.411. The molecule has 0 spiro atoms. The number of hydrogen-bond donors (Lipinski definition) is 2. The molecule has 18 heavy (non-hydrogen) atoms. The highest BCUT2D eigenvalue weighted by Crippen LogP contribution is 2.19. The number of nitrogens with one attached hydrogen (secondary N) is 1. The van der Waals surface area contributed by atoms with Gasteiger partial charge in [-0.2, -0.15) is 0 Å². The van der Waals surface area contributed by atoms with Gasteiger partial charge in [0.25, 0.3) is 0 Å². The predicted molar refractivity (Wildman–Crippen MR) is 67.5 cm³/mol. The summed E-state index contributed by atoms with van der Waals surface area (Å²) in [5.41, 5.74) is 2.27. The molecule has 0 aliphatic heterocycles. The molecule has 0 amide bonds. The molecule has 2 N–H and O–H groups in total. The fourth-order valence-corrected chi connectivity index (χ4v) is 1.87. The molecule has 96 valence electrons. The molecule has 0 radical (unpaired) electrons. The molecule has 2 aromatic heterocycles. The molecule has 0 saturated heterocycles. The van der Waals surface area contributed by atoms with E-state index in [1.165, 1.54) is 0 Å². The van der Waals surface area contributed by atoms with Gasteiger partial charge in [0.05, 0.1) is 6.61 Å². The Labute approximate surface area is 105 Å². The topological polar surface area (TPSA) is 75.2 Å². The van der Waals surface area contributed by atoms with Crippen LogP contribution in [0.5, 0.6) is 0 Å². The number of H-pyrrole nitrogens is 1. The van der Waals surface area contributed by atoms with Gasteiger partial charge in [-0.15, -0.1) is 0 Å². The van der Waals surface area contributed by atoms with Crippen LogP contribution in [-0.2, 0) is 11.2 Å². The lowest BCUT2D eigenvalue weighted by Crippen LogP contribution is -2.06. The van der Waals surface area contributed by atoms with Crippen molar-refractivity contribution in [2.75, 3.05) is 13.2 Å². The fraction of sp³-hybridized carbons (Fsp3) is 0.385. The van der Waals surface area contributed by atoms with Crippen LogP contribution in [-0.4, -0.2) is 34.3 Å². The number of esters is 1. The Morgan fingerprint density at radius 1 is 1.56 bits per heavy atom. The Bertz CT molecular complexity index is 548. The molecular formula is C13H16N2O3. The summed E-state index contributed by atoms with van der Waals surface area (Å²) in [5, 5.41) is 9.81. The third kappa shape index (κ3) is 2.51. The quantitative estimate of drug-likeness (QED) is 0.789. The van der Waals surface area contributed by atoms with E-state index in [1.54, 1.807) is 19.2 Å². The summed E-state index contributed by atoms with van der Waals surface area (Å²) in [6.45, 7) is 2.27. The number of nitrogens with zero attached hydrogens (tertiary/aromatic N) is 1. The molecule has 5 heteroatoms. The van der Waals surface area contributed by atoms with Crippen molar-refractivity contribution in [3.63, 3.8) is 0 Å². The van der Waals surface area contributed by atoms with E-state index in [4.69, 9.17) is 9.84 Å². The standard InChI is InChI=1S/C13H16N2O3/c1-2-18-13(17)12-6-11-10(8-15-12)9(7-14-11)4-3-5-16/h6-8,14,16H,2-5H2,1H3.